The van der Waals surface area contributed by atoms with Gasteiger partial charge >= 0.3 is 11.4 Å². The second-order valence-electron chi connectivity index (χ2n) is 11.5. The summed E-state index contributed by atoms with van der Waals surface area (Å²) in [6.45, 7) is 2.68. The van der Waals surface area contributed by atoms with Gasteiger partial charge in [0.25, 0.3) is 11.8 Å². The second kappa shape index (κ2) is 16.1. The number of nitrogens with one attached hydrogen (secondary N) is 6. The van der Waals surface area contributed by atoms with E-state index in [-0.39, 0.29) is 58.9 Å². The summed E-state index contributed by atoms with van der Waals surface area (Å²) < 4.78 is 11.8. The van der Waals surface area contributed by atoms with Gasteiger partial charge < -0.3 is 50.3 Å². The molecule has 2 heterocycles. The van der Waals surface area contributed by atoms with Crippen molar-refractivity contribution in [3.05, 3.63) is 129 Å². The summed E-state index contributed by atoms with van der Waals surface area (Å²) in [4.78, 5) is 59.5. The van der Waals surface area contributed by atoms with Crippen molar-refractivity contribution in [3.8, 4) is 11.5 Å². The zero-order chi connectivity index (χ0) is 38.2. The molecule has 0 fully saturated rings. The number of imidazole rings is 2. The maximum Gasteiger partial charge on any atom is 0.323 e. The first kappa shape index (κ1) is 36.0. The van der Waals surface area contributed by atoms with E-state index in [2.05, 4.69) is 51.0 Å². The van der Waals surface area contributed by atoms with Crippen molar-refractivity contribution in [1.29, 1.82) is 0 Å². The van der Waals surface area contributed by atoms with Crippen molar-refractivity contribution in [2.75, 3.05) is 23.8 Å². The number of aliphatic hydroxyl groups is 2. The van der Waals surface area contributed by atoms with E-state index in [0.29, 0.717) is 44.9 Å². The number of rotatable bonds is 13. The molecule has 4 aromatic carbocycles. The second-order valence-corrected chi connectivity index (χ2v) is 11.5. The van der Waals surface area contributed by atoms with Gasteiger partial charge in [-0.3, -0.25) is 9.59 Å². The third kappa shape index (κ3) is 8.75. The van der Waals surface area contributed by atoms with Crippen LogP contribution in [-0.2, 0) is 9.59 Å². The molecule has 18 nitrogen and oxygen atoms in total. The lowest BCUT2D eigenvalue weighted by Crippen LogP contribution is -2.14. The van der Waals surface area contributed by atoms with Crippen molar-refractivity contribution < 1.29 is 29.3 Å². The molecule has 6 rings (SSSR count). The number of fused-ring (bicyclic) bond motifs is 2. The van der Waals surface area contributed by atoms with Gasteiger partial charge in [0.2, 0.25) is 0 Å². The van der Waals surface area contributed by atoms with Crippen LogP contribution in [0.3, 0.4) is 0 Å². The van der Waals surface area contributed by atoms with Crippen LogP contribution in [-0.4, -0.2) is 55.2 Å². The van der Waals surface area contributed by atoms with Crippen LogP contribution < -0.4 is 31.5 Å². The van der Waals surface area contributed by atoms with Crippen LogP contribution in [0, 0.1) is 0 Å². The lowest BCUT2D eigenvalue weighted by atomic mass is 10.2. The molecule has 0 saturated heterocycles. The van der Waals surface area contributed by atoms with Crippen LogP contribution in [0.1, 0.15) is 13.8 Å². The van der Waals surface area contributed by atoms with E-state index >= 15 is 0 Å². The first-order valence-corrected chi connectivity index (χ1v) is 16.2. The van der Waals surface area contributed by atoms with E-state index in [1.807, 2.05) is 0 Å². The van der Waals surface area contributed by atoms with Gasteiger partial charge in [0, 0.05) is 11.4 Å². The number of carbonyl (C=O) groups excluding carboxylic acids is 2. The van der Waals surface area contributed by atoms with Gasteiger partial charge in [-0.15, -0.1) is 20.5 Å². The number of anilines is 2. The standard InChI is InChI=1S/C36H32N10O8/c1-19(47)31(33(49)37-21-11-13-23-27(17-21)41-35(51)39-23)45-43-25-7-3-5-9-29(25)53-15-16-54-30-10-6-4-8-26(30)44-46-32(20(2)48)34(50)38-22-12-14-24-28(18-22)42-36(52)40-24/h3-14,17-18,47-48H,15-16H2,1-2H3,(H,37,49)(H,38,50)(H2,39,41,51)(H2,40,42,52)/b31-19-,32-20+,45-43?,46-44?. The van der Waals surface area contributed by atoms with Crippen molar-refractivity contribution in [2.24, 2.45) is 20.5 Å². The summed E-state index contributed by atoms with van der Waals surface area (Å²) in [7, 11) is 0. The molecular weight excluding hydrogens is 700 g/mol. The zero-order valence-electron chi connectivity index (χ0n) is 28.6. The number of nitrogens with zero attached hydrogens (tertiary/aromatic N) is 4. The van der Waals surface area contributed by atoms with E-state index in [4.69, 9.17) is 9.47 Å². The average Bonchev–Trinajstić information content (AvgIpc) is 3.70. The number of ether oxygens (including phenoxy) is 2. The molecule has 0 aliphatic rings. The average molecular weight is 733 g/mol. The Morgan fingerprint density at radius 1 is 0.593 bits per heavy atom. The Balaban J connectivity index is 1.06. The number of hydrogen-bond donors (Lipinski definition) is 8. The van der Waals surface area contributed by atoms with Crippen LogP contribution >= 0.6 is 0 Å². The Kier molecular flexibility index (Phi) is 10.7. The molecule has 0 bridgehead atoms. The zero-order valence-corrected chi connectivity index (χ0v) is 28.6. The summed E-state index contributed by atoms with van der Waals surface area (Å²) in [5, 5.41) is 41.9. The normalized spacial score (nSPS) is 12.6. The molecule has 0 radical (unpaired) electrons. The van der Waals surface area contributed by atoms with Crippen LogP contribution in [0.25, 0.3) is 22.1 Å². The first-order chi connectivity index (χ1) is 26.0. The monoisotopic (exact) mass is 732 g/mol. The molecule has 0 unspecified atom stereocenters. The number of aromatic amines is 4. The summed E-state index contributed by atoms with van der Waals surface area (Å²) in [5.74, 6) is -1.58. The van der Waals surface area contributed by atoms with Gasteiger partial charge in [0.1, 0.15) is 47.6 Å². The fraction of sp³-hybridized carbons (Fsp3) is 0.111. The molecular formula is C36H32N10O8. The highest BCUT2D eigenvalue weighted by Crippen LogP contribution is 2.30. The molecule has 0 saturated carbocycles. The predicted octanol–water partition coefficient (Wildman–Crippen LogP) is 6.51. The van der Waals surface area contributed by atoms with Crippen LogP contribution in [0.4, 0.5) is 22.7 Å². The number of hydrogen-bond acceptors (Lipinski definition) is 12. The van der Waals surface area contributed by atoms with Gasteiger partial charge in [-0.2, -0.15) is 0 Å². The number of para-hydroxylation sites is 2. The highest BCUT2D eigenvalue weighted by Gasteiger charge is 2.16. The summed E-state index contributed by atoms with van der Waals surface area (Å²) in [5.41, 5.74) is 1.89. The highest BCUT2D eigenvalue weighted by atomic mass is 16.5. The molecule has 6 aromatic rings. The van der Waals surface area contributed by atoms with Gasteiger partial charge in [-0.05, 0) is 74.5 Å². The number of H-pyrrole nitrogens is 4. The van der Waals surface area contributed by atoms with Crippen molar-refractivity contribution in [3.63, 3.8) is 0 Å². The largest absolute Gasteiger partial charge is 0.510 e. The quantitative estimate of drug-likeness (QED) is 0.0280. The molecule has 2 aromatic heterocycles. The number of aliphatic hydroxyl groups excluding tert-OH is 2. The highest BCUT2D eigenvalue weighted by molar-refractivity contribution is 6.05. The lowest BCUT2D eigenvalue weighted by Gasteiger charge is -2.11. The smallest absolute Gasteiger partial charge is 0.323 e. The molecule has 54 heavy (non-hydrogen) atoms. The third-order valence-corrected chi connectivity index (χ3v) is 7.51. The number of benzene rings is 4. The molecule has 274 valence electrons. The van der Waals surface area contributed by atoms with Gasteiger partial charge in [0.05, 0.1) is 22.1 Å². The van der Waals surface area contributed by atoms with E-state index < -0.39 is 11.8 Å². The Hall–Kier alpha value is -7.76. The Labute approximate surface area is 304 Å². The van der Waals surface area contributed by atoms with E-state index in [1.165, 1.54) is 13.8 Å². The minimum absolute atomic E-state index is 0.0456. The molecule has 0 aliphatic heterocycles. The maximum absolute atomic E-state index is 13.0. The molecule has 2 amide bonds. The fourth-order valence-corrected chi connectivity index (χ4v) is 5.00. The topological polar surface area (TPSA) is 264 Å². The Morgan fingerprint density at radius 3 is 1.39 bits per heavy atom. The number of azo groups is 2. The SMILES string of the molecule is C/C(O)=C(/N=Nc1ccccc1OCCOc1ccccc1N=N/C(C(=O)Nc1ccc2[nH]c(=O)[nH]c2c1)=C(\C)O)C(=O)Nc1ccc2[nH]c(=O)[nH]c2c1. The molecule has 0 spiro atoms. The third-order valence-electron chi connectivity index (χ3n) is 7.51. The number of amides is 2. The number of carbonyl (C=O) groups is 2. The minimum Gasteiger partial charge on any atom is -0.510 e. The van der Waals surface area contributed by atoms with Gasteiger partial charge in [0.15, 0.2) is 11.4 Å². The molecule has 18 heteroatoms. The lowest BCUT2D eigenvalue weighted by molar-refractivity contribution is -0.113. The Bertz CT molecular complexity index is 2420. The van der Waals surface area contributed by atoms with Crippen molar-refractivity contribution in [1.82, 2.24) is 19.9 Å². The summed E-state index contributed by atoms with van der Waals surface area (Å²) in [6.07, 6.45) is 0. The van der Waals surface area contributed by atoms with Crippen LogP contribution in [0.2, 0.25) is 0 Å². The van der Waals surface area contributed by atoms with Gasteiger partial charge in [-0.1, -0.05) is 24.3 Å². The fourth-order valence-electron chi connectivity index (χ4n) is 5.00. The summed E-state index contributed by atoms with van der Waals surface area (Å²) >= 11 is 0. The Morgan fingerprint density at radius 2 is 0.981 bits per heavy atom. The van der Waals surface area contributed by atoms with Crippen LogP contribution in [0.5, 0.6) is 11.5 Å². The van der Waals surface area contributed by atoms with Crippen LogP contribution in [0.15, 0.2) is 138 Å². The number of allylic oxidation sites excluding steroid dienone is 2. The van der Waals surface area contributed by atoms with E-state index in [1.54, 1.807) is 84.9 Å². The van der Waals surface area contributed by atoms with Gasteiger partial charge in [-0.25, -0.2) is 9.59 Å². The predicted molar refractivity (Wildman–Crippen MR) is 199 cm³/mol. The summed E-state index contributed by atoms with van der Waals surface area (Å²) in [6, 6.07) is 22.8. The molecule has 8 N–H and O–H groups in total. The number of aromatic nitrogens is 4. The van der Waals surface area contributed by atoms with E-state index in [9.17, 15) is 29.4 Å². The first-order valence-electron chi connectivity index (χ1n) is 16.2. The molecule has 0 atom stereocenters. The molecule has 0 aliphatic carbocycles. The minimum atomic E-state index is -0.732. The van der Waals surface area contributed by atoms with E-state index in [0.717, 1.165) is 0 Å². The van der Waals surface area contributed by atoms with Crippen molar-refractivity contribution >= 4 is 56.6 Å². The van der Waals surface area contributed by atoms with Crippen molar-refractivity contribution in [2.45, 2.75) is 13.8 Å². The maximum atomic E-state index is 13.0.